The fourth-order valence-corrected chi connectivity index (χ4v) is 1.54. The number of carbonyl (C=O) groups is 1. The van der Waals surface area contributed by atoms with E-state index in [1.165, 1.54) is 0 Å². The van der Waals surface area contributed by atoms with Gasteiger partial charge in [0.05, 0.1) is 6.04 Å². The van der Waals surface area contributed by atoms with Crippen LogP contribution in [0.3, 0.4) is 0 Å². The molecule has 1 saturated heterocycles. The van der Waals surface area contributed by atoms with Crippen molar-refractivity contribution in [2.45, 2.75) is 12.5 Å². The van der Waals surface area contributed by atoms with Gasteiger partial charge in [0.25, 0.3) is 0 Å². The third kappa shape index (κ3) is 2.09. The summed E-state index contributed by atoms with van der Waals surface area (Å²) in [7, 11) is 0. The second kappa shape index (κ2) is 4.19. The molecule has 1 amide bonds. The Bertz CT molecular complexity index is 312. The minimum absolute atomic E-state index is 0.0712. The van der Waals surface area contributed by atoms with E-state index >= 15 is 0 Å². The molecule has 74 valence electrons. The van der Waals surface area contributed by atoms with E-state index in [1.807, 2.05) is 18.2 Å². The Morgan fingerprint density at radius 1 is 1.43 bits per heavy atom. The van der Waals surface area contributed by atoms with Gasteiger partial charge in [-0.1, -0.05) is 6.07 Å². The van der Waals surface area contributed by atoms with Crippen LogP contribution < -0.4 is 10.6 Å². The van der Waals surface area contributed by atoms with Crippen LogP contribution in [-0.2, 0) is 11.2 Å². The van der Waals surface area contributed by atoms with Crippen LogP contribution in [0.4, 0.5) is 0 Å². The fourth-order valence-electron chi connectivity index (χ4n) is 1.54. The first-order valence-corrected chi connectivity index (χ1v) is 4.77. The van der Waals surface area contributed by atoms with Crippen molar-refractivity contribution in [3.8, 4) is 0 Å². The topological polar surface area (TPSA) is 54.0 Å². The van der Waals surface area contributed by atoms with Crippen LogP contribution in [0.2, 0.25) is 0 Å². The van der Waals surface area contributed by atoms with E-state index in [-0.39, 0.29) is 11.9 Å². The van der Waals surface area contributed by atoms with Crippen LogP contribution in [0.25, 0.3) is 0 Å². The van der Waals surface area contributed by atoms with Gasteiger partial charge in [0.15, 0.2) is 0 Å². The lowest BCUT2D eigenvalue weighted by Gasteiger charge is -2.22. The van der Waals surface area contributed by atoms with Crippen molar-refractivity contribution in [3.63, 3.8) is 0 Å². The van der Waals surface area contributed by atoms with Crippen LogP contribution in [0.5, 0.6) is 0 Å². The Morgan fingerprint density at radius 2 is 2.36 bits per heavy atom. The largest absolute Gasteiger partial charge is 0.353 e. The lowest BCUT2D eigenvalue weighted by Crippen LogP contribution is -2.53. The van der Waals surface area contributed by atoms with Crippen LogP contribution >= 0.6 is 0 Å². The van der Waals surface area contributed by atoms with Gasteiger partial charge in [-0.15, -0.1) is 0 Å². The van der Waals surface area contributed by atoms with E-state index in [1.54, 1.807) is 6.20 Å². The molecular weight excluding hydrogens is 178 g/mol. The van der Waals surface area contributed by atoms with E-state index in [9.17, 15) is 4.79 Å². The molecule has 1 aromatic heterocycles. The molecule has 1 fully saturated rings. The van der Waals surface area contributed by atoms with Crippen LogP contribution in [0.15, 0.2) is 24.4 Å². The number of aromatic nitrogens is 1. The van der Waals surface area contributed by atoms with Crippen molar-refractivity contribution in [1.29, 1.82) is 0 Å². The molecule has 0 aromatic carbocycles. The zero-order chi connectivity index (χ0) is 9.80. The molecular formula is C10H13N3O. The van der Waals surface area contributed by atoms with Gasteiger partial charge in [-0.2, -0.15) is 0 Å². The maximum atomic E-state index is 11.4. The van der Waals surface area contributed by atoms with Crippen LogP contribution in [0, 0.1) is 0 Å². The number of rotatable bonds is 2. The number of hydrogen-bond donors (Lipinski definition) is 2. The van der Waals surface area contributed by atoms with E-state index in [2.05, 4.69) is 15.6 Å². The van der Waals surface area contributed by atoms with Crippen LogP contribution in [0.1, 0.15) is 5.69 Å². The standard InChI is InChI=1S/C10H13N3O/c14-10-9(12-5-6-13-10)7-8-3-1-2-4-11-8/h1-4,9,12H,5-7H2,(H,13,14)/t9-/m1/s1. The number of nitrogens with one attached hydrogen (secondary N) is 2. The molecule has 2 rings (SSSR count). The third-order valence-electron chi connectivity index (χ3n) is 2.27. The third-order valence-corrected chi connectivity index (χ3v) is 2.27. The van der Waals surface area contributed by atoms with Gasteiger partial charge in [0, 0.05) is 31.4 Å². The highest BCUT2D eigenvalue weighted by molar-refractivity contribution is 5.82. The molecule has 0 bridgehead atoms. The predicted octanol–water partition coefficient (Wildman–Crippen LogP) is -0.288. The van der Waals surface area contributed by atoms with Gasteiger partial charge in [0.2, 0.25) is 5.91 Å². The lowest BCUT2D eigenvalue weighted by atomic mass is 10.1. The highest BCUT2D eigenvalue weighted by atomic mass is 16.2. The van der Waals surface area contributed by atoms with Gasteiger partial charge >= 0.3 is 0 Å². The molecule has 1 atom stereocenters. The normalized spacial score (nSPS) is 21.7. The molecule has 1 aliphatic rings. The molecule has 0 aliphatic carbocycles. The van der Waals surface area contributed by atoms with E-state index in [0.717, 1.165) is 18.8 Å². The van der Waals surface area contributed by atoms with Crippen molar-refractivity contribution < 1.29 is 4.79 Å². The van der Waals surface area contributed by atoms with E-state index < -0.39 is 0 Å². The molecule has 2 N–H and O–H groups in total. The molecule has 14 heavy (non-hydrogen) atoms. The Morgan fingerprint density at radius 3 is 3.07 bits per heavy atom. The van der Waals surface area contributed by atoms with Gasteiger partial charge in [-0.05, 0) is 12.1 Å². The average Bonchev–Trinajstić information content (AvgIpc) is 2.23. The second-order valence-corrected chi connectivity index (χ2v) is 3.32. The van der Waals surface area contributed by atoms with Gasteiger partial charge in [0.1, 0.15) is 0 Å². The quantitative estimate of drug-likeness (QED) is 0.675. The summed E-state index contributed by atoms with van der Waals surface area (Å²) in [6.45, 7) is 1.56. The summed E-state index contributed by atoms with van der Waals surface area (Å²) in [5.41, 5.74) is 0.946. The molecule has 0 radical (unpaired) electrons. The first-order chi connectivity index (χ1) is 6.86. The van der Waals surface area contributed by atoms with Gasteiger partial charge in [-0.3, -0.25) is 9.78 Å². The molecule has 0 saturated carbocycles. The Kier molecular flexibility index (Phi) is 2.74. The second-order valence-electron chi connectivity index (χ2n) is 3.32. The maximum Gasteiger partial charge on any atom is 0.237 e. The summed E-state index contributed by atoms with van der Waals surface area (Å²) in [6, 6.07) is 5.61. The van der Waals surface area contributed by atoms with Crippen molar-refractivity contribution in [2.75, 3.05) is 13.1 Å². The zero-order valence-corrected chi connectivity index (χ0v) is 7.86. The number of hydrogen-bond acceptors (Lipinski definition) is 3. The van der Waals surface area contributed by atoms with E-state index in [4.69, 9.17) is 0 Å². The van der Waals surface area contributed by atoms with Crippen molar-refractivity contribution >= 4 is 5.91 Å². The summed E-state index contributed by atoms with van der Waals surface area (Å²) < 4.78 is 0. The number of amides is 1. The molecule has 2 heterocycles. The van der Waals surface area contributed by atoms with Crippen molar-refractivity contribution in [1.82, 2.24) is 15.6 Å². The first-order valence-electron chi connectivity index (χ1n) is 4.77. The number of piperazine rings is 1. The van der Waals surface area contributed by atoms with Crippen LogP contribution in [-0.4, -0.2) is 30.0 Å². The first kappa shape index (κ1) is 9.15. The predicted molar refractivity (Wildman–Crippen MR) is 52.7 cm³/mol. The average molecular weight is 191 g/mol. The highest BCUT2D eigenvalue weighted by Gasteiger charge is 2.21. The van der Waals surface area contributed by atoms with Crippen molar-refractivity contribution in [3.05, 3.63) is 30.1 Å². The summed E-state index contributed by atoms with van der Waals surface area (Å²) in [5.74, 6) is 0.0712. The highest BCUT2D eigenvalue weighted by Crippen LogP contribution is 2.01. The summed E-state index contributed by atoms with van der Waals surface area (Å²) >= 11 is 0. The van der Waals surface area contributed by atoms with Gasteiger partial charge in [-0.25, -0.2) is 0 Å². The minimum Gasteiger partial charge on any atom is -0.353 e. The smallest absolute Gasteiger partial charge is 0.237 e. The summed E-state index contributed by atoms with van der Waals surface area (Å²) in [5, 5.41) is 5.99. The zero-order valence-electron chi connectivity index (χ0n) is 7.86. The van der Waals surface area contributed by atoms with E-state index in [0.29, 0.717) is 6.42 Å². The molecule has 1 aromatic rings. The minimum atomic E-state index is -0.126. The van der Waals surface area contributed by atoms with Gasteiger partial charge < -0.3 is 10.6 Å². The SMILES string of the molecule is O=C1NCCN[C@@H]1Cc1ccccn1. The number of carbonyl (C=O) groups excluding carboxylic acids is 1. The molecule has 0 spiro atoms. The molecule has 0 unspecified atom stereocenters. The summed E-state index contributed by atoms with van der Waals surface area (Å²) in [6.07, 6.45) is 2.41. The monoisotopic (exact) mass is 191 g/mol. The maximum absolute atomic E-state index is 11.4. The molecule has 4 heteroatoms. The molecule has 4 nitrogen and oxygen atoms in total. The Hall–Kier alpha value is -1.42. The molecule has 1 aliphatic heterocycles. The fraction of sp³-hybridized carbons (Fsp3) is 0.400. The van der Waals surface area contributed by atoms with Crippen molar-refractivity contribution in [2.24, 2.45) is 0 Å². The summed E-state index contributed by atoms with van der Waals surface area (Å²) in [4.78, 5) is 15.6. The Labute approximate surface area is 82.7 Å². The Balaban J connectivity index is 2.00. The number of nitrogens with zero attached hydrogens (tertiary/aromatic N) is 1. The lowest BCUT2D eigenvalue weighted by molar-refractivity contribution is -0.124. The number of pyridine rings is 1.